The van der Waals surface area contributed by atoms with E-state index >= 15 is 0 Å². The fourth-order valence-electron chi connectivity index (χ4n) is 2.29. The maximum absolute atomic E-state index is 13.0. The lowest BCUT2D eigenvalue weighted by molar-refractivity contribution is -0.114. The van der Waals surface area contributed by atoms with Crippen LogP contribution in [0.2, 0.25) is 5.02 Å². The van der Waals surface area contributed by atoms with E-state index in [0.29, 0.717) is 16.9 Å². The molecule has 0 spiro atoms. The van der Waals surface area contributed by atoms with Crippen LogP contribution in [-0.4, -0.2) is 24.4 Å². The molecule has 7 heteroatoms. The highest BCUT2D eigenvalue weighted by Crippen LogP contribution is 2.23. The molecule has 130 valence electrons. The quantitative estimate of drug-likeness (QED) is 0.738. The van der Waals surface area contributed by atoms with Gasteiger partial charge in [0.2, 0.25) is 5.91 Å². The van der Waals surface area contributed by atoms with Crippen molar-refractivity contribution in [1.29, 1.82) is 0 Å². The molecule has 0 aliphatic heterocycles. The van der Waals surface area contributed by atoms with Crippen molar-refractivity contribution >= 4 is 34.8 Å². The van der Waals surface area contributed by atoms with Crippen molar-refractivity contribution < 1.29 is 14.0 Å². The van der Waals surface area contributed by atoms with Crippen LogP contribution in [0, 0.1) is 5.82 Å². The highest BCUT2D eigenvalue weighted by molar-refractivity contribution is 6.33. The Hall–Kier alpha value is -2.60. The van der Waals surface area contributed by atoms with E-state index in [-0.39, 0.29) is 29.4 Å². The molecule has 1 fully saturated rings. The van der Waals surface area contributed by atoms with Crippen LogP contribution in [0.3, 0.4) is 0 Å². The van der Waals surface area contributed by atoms with Crippen LogP contribution in [0.15, 0.2) is 42.5 Å². The average Bonchev–Trinajstić information content (AvgIpc) is 3.40. The van der Waals surface area contributed by atoms with Gasteiger partial charge in [-0.1, -0.05) is 23.7 Å². The Labute approximate surface area is 149 Å². The van der Waals surface area contributed by atoms with Crippen molar-refractivity contribution in [2.24, 2.45) is 0 Å². The maximum atomic E-state index is 13.0. The molecule has 0 atom stereocenters. The molecule has 5 nitrogen and oxygen atoms in total. The number of carbonyl (C=O) groups is 2. The number of nitrogens with one attached hydrogen (secondary N) is 3. The van der Waals surface area contributed by atoms with E-state index in [4.69, 9.17) is 11.6 Å². The van der Waals surface area contributed by atoms with Crippen molar-refractivity contribution in [3.05, 3.63) is 58.9 Å². The molecule has 0 bridgehead atoms. The van der Waals surface area contributed by atoms with E-state index < -0.39 is 5.82 Å². The highest BCUT2D eigenvalue weighted by atomic mass is 35.5. The van der Waals surface area contributed by atoms with Crippen LogP contribution in [0.25, 0.3) is 0 Å². The van der Waals surface area contributed by atoms with Crippen LogP contribution >= 0.6 is 11.6 Å². The van der Waals surface area contributed by atoms with Gasteiger partial charge in [-0.3, -0.25) is 9.59 Å². The van der Waals surface area contributed by atoms with Crippen molar-refractivity contribution in [3.63, 3.8) is 0 Å². The molecule has 0 radical (unpaired) electrons. The Balaban J connectivity index is 1.61. The molecule has 1 saturated carbocycles. The second-order valence-corrected chi connectivity index (χ2v) is 6.23. The Morgan fingerprint density at radius 2 is 1.88 bits per heavy atom. The summed E-state index contributed by atoms with van der Waals surface area (Å²) in [5.74, 6) is -0.991. The van der Waals surface area contributed by atoms with Crippen molar-refractivity contribution in [1.82, 2.24) is 5.32 Å². The monoisotopic (exact) mass is 361 g/mol. The third kappa shape index (κ3) is 4.70. The lowest BCUT2D eigenvalue weighted by atomic mass is 10.1. The number of rotatable bonds is 6. The minimum atomic E-state index is -0.475. The van der Waals surface area contributed by atoms with E-state index in [2.05, 4.69) is 16.0 Å². The minimum Gasteiger partial charge on any atom is -0.376 e. The number of benzene rings is 2. The van der Waals surface area contributed by atoms with Crippen LogP contribution < -0.4 is 16.0 Å². The maximum Gasteiger partial charge on any atom is 0.253 e. The Bertz CT molecular complexity index is 809. The summed E-state index contributed by atoms with van der Waals surface area (Å²) in [4.78, 5) is 24.3. The zero-order valence-corrected chi connectivity index (χ0v) is 14.1. The van der Waals surface area contributed by atoms with Gasteiger partial charge in [0.15, 0.2) is 0 Å². The molecule has 0 heterocycles. The fraction of sp³-hybridized carbons (Fsp3) is 0.222. The van der Waals surface area contributed by atoms with Gasteiger partial charge < -0.3 is 16.0 Å². The number of hydrogen-bond acceptors (Lipinski definition) is 3. The Morgan fingerprint density at radius 1 is 1.12 bits per heavy atom. The smallest absolute Gasteiger partial charge is 0.253 e. The first-order valence-corrected chi connectivity index (χ1v) is 8.29. The van der Waals surface area contributed by atoms with E-state index in [1.165, 1.54) is 12.1 Å². The number of halogens is 2. The van der Waals surface area contributed by atoms with Crippen LogP contribution in [0.5, 0.6) is 0 Å². The lowest BCUT2D eigenvalue weighted by Gasteiger charge is -2.12. The number of hydrogen-bond donors (Lipinski definition) is 3. The third-order valence-corrected chi connectivity index (χ3v) is 4.04. The van der Waals surface area contributed by atoms with Gasteiger partial charge in [-0.25, -0.2) is 4.39 Å². The first kappa shape index (κ1) is 17.2. The molecule has 1 aliphatic carbocycles. The molecular weight excluding hydrogens is 345 g/mol. The molecule has 1 aliphatic rings. The highest BCUT2D eigenvalue weighted by Gasteiger charge is 2.24. The van der Waals surface area contributed by atoms with E-state index in [1.54, 1.807) is 24.3 Å². The summed E-state index contributed by atoms with van der Waals surface area (Å²) in [7, 11) is 0. The Kier molecular flexibility index (Phi) is 5.19. The molecule has 2 aromatic rings. The van der Waals surface area contributed by atoms with E-state index in [1.807, 2.05) is 0 Å². The molecule has 3 N–H and O–H groups in total. The van der Waals surface area contributed by atoms with Gasteiger partial charge in [-0.2, -0.15) is 0 Å². The molecule has 3 rings (SSSR count). The molecule has 0 aromatic heterocycles. The van der Waals surface area contributed by atoms with Gasteiger partial charge in [0, 0.05) is 11.7 Å². The van der Waals surface area contributed by atoms with Gasteiger partial charge in [-0.05, 0) is 43.2 Å². The largest absolute Gasteiger partial charge is 0.376 e. The predicted molar refractivity (Wildman–Crippen MR) is 95.5 cm³/mol. The van der Waals surface area contributed by atoms with Crippen molar-refractivity contribution in [2.75, 3.05) is 17.2 Å². The topological polar surface area (TPSA) is 70.2 Å². The predicted octanol–water partition coefficient (Wildman–Crippen LogP) is 3.42. The standard InChI is InChI=1S/C18H17ClFN3O2/c19-14-9-11(20)5-8-16(14)23-17(24)10-21-15-4-2-1-3-13(15)18(25)22-12-6-7-12/h1-5,8-9,12,21H,6-7,10H2,(H,22,25)(H,23,24). The molecule has 0 unspecified atom stereocenters. The normalized spacial score (nSPS) is 13.2. The summed E-state index contributed by atoms with van der Waals surface area (Å²) < 4.78 is 13.0. The molecule has 2 amide bonds. The lowest BCUT2D eigenvalue weighted by Crippen LogP contribution is -2.27. The summed E-state index contributed by atoms with van der Waals surface area (Å²) in [6.45, 7) is -0.0541. The van der Waals surface area contributed by atoms with Gasteiger partial charge in [-0.15, -0.1) is 0 Å². The summed E-state index contributed by atoms with van der Waals surface area (Å²) in [6.07, 6.45) is 2.00. The molecule has 2 aromatic carbocycles. The van der Waals surface area contributed by atoms with Gasteiger partial charge >= 0.3 is 0 Å². The molecule has 25 heavy (non-hydrogen) atoms. The second-order valence-electron chi connectivity index (χ2n) is 5.82. The number of carbonyl (C=O) groups excluding carboxylic acids is 2. The average molecular weight is 362 g/mol. The summed E-state index contributed by atoms with van der Waals surface area (Å²) in [5, 5.41) is 8.59. The minimum absolute atomic E-state index is 0.0541. The summed E-state index contributed by atoms with van der Waals surface area (Å²) in [6, 6.07) is 11.0. The second kappa shape index (κ2) is 7.53. The van der Waals surface area contributed by atoms with Crippen molar-refractivity contribution in [3.8, 4) is 0 Å². The summed E-state index contributed by atoms with van der Waals surface area (Å²) in [5.41, 5.74) is 1.39. The van der Waals surface area contributed by atoms with Crippen LogP contribution in [0.4, 0.5) is 15.8 Å². The SMILES string of the molecule is O=C(CNc1ccccc1C(=O)NC1CC1)Nc1ccc(F)cc1Cl. The first-order chi connectivity index (χ1) is 12.0. The number of amides is 2. The van der Waals surface area contributed by atoms with Gasteiger partial charge in [0.05, 0.1) is 22.8 Å². The van der Waals surface area contributed by atoms with E-state index in [9.17, 15) is 14.0 Å². The van der Waals surface area contributed by atoms with E-state index in [0.717, 1.165) is 18.9 Å². The van der Waals surface area contributed by atoms with Crippen LogP contribution in [-0.2, 0) is 4.79 Å². The fourth-order valence-corrected chi connectivity index (χ4v) is 2.50. The first-order valence-electron chi connectivity index (χ1n) is 7.91. The molecule has 0 saturated heterocycles. The van der Waals surface area contributed by atoms with Crippen molar-refractivity contribution in [2.45, 2.75) is 18.9 Å². The number of para-hydroxylation sites is 1. The Morgan fingerprint density at radius 3 is 2.60 bits per heavy atom. The zero-order chi connectivity index (χ0) is 17.8. The van der Waals surface area contributed by atoms with Gasteiger partial charge in [0.1, 0.15) is 5.82 Å². The third-order valence-electron chi connectivity index (χ3n) is 3.73. The van der Waals surface area contributed by atoms with Crippen LogP contribution in [0.1, 0.15) is 23.2 Å². The summed E-state index contributed by atoms with van der Waals surface area (Å²) >= 11 is 5.88. The number of anilines is 2. The van der Waals surface area contributed by atoms with Gasteiger partial charge in [0.25, 0.3) is 5.91 Å². The molecular formula is C18H17ClFN3O2. The zero-order valence-electron chi connectivity index (χ0n) is 13.3.